The first kappa shape index (κ1) is 14.3. The molecule has 0 saturated heterocycles. The van der Waals surface area contributed by atoms with Crippen molar-refractivity contribution in [2.75, 3.05) is 6.61 Å². The standard InChI is InChI=1S/C18H22N2O/c19-20-16(12-14-6-2-1-3-7-14)13-18-17-9-5-4-8-15(17)10-11-21-18/h1-9,16,18,20H,10-13,19H2. The van der Waals surface area contributed by atoms with Gasteiger partial charge in [0.2, 0.25) is 0 Å². The molecule has 0 aromatic heterocycles. The van der Waals surface area contributed by atoms with E-state index in [1.807, 2.05) is 6.07 Å². The summed E-state index contributed by atoms with van der Waals surface area (Å²) in [7, 11) is 0. The molecule has 2 unspecified atom stereocenters. The molecule has 2 aromatic rings. The Morgan fingerprint density at radius 3 is 2.67 bits per heavy atom. The molecule has 0 amide bonds. The molecular weight excluding hydrogens is 260 g/mol. The number of benzene rings is 2. The fourth-order valence-electron chi connectivity index (χ4n) is 3.04. The van der Waals surface area contributed by atoms with E-state index in [9.17, 15) is 0 Å². The lowest BCUT2D eigenvalue weighted by molar-refractivity contribution is 0.0295. The van der Waals surface area contributed by atoms with Crippen molar-refractivity contribution in [3.63, 3.8) is 0 Å². The quantitative estimate of drug-likeness (QED) is 0.655. The van der Waals surface area contributed by atoms with Crippen molar-refractivity contribution >= 4 is 0 Å². The number of hydrogen-bond acceptors (Lipinski definition) is 3. The monoisotopic (exact) mass is 282 g/mol. The van der Waals surface area contributed by atoms with Crippen LogP contribution in [0.3, 0.4) is 0 Å². The number of ether oxygens (including phenoxy) is 1. The third-order valence-electron chi connectivity index (χ3n) is 4.15. The molecule has 3 nitrogen and oxygen atoms in total. The first-order valence-corrected chi connectivity index (χ1v) is 7.56. The van der Waals surface area contributed by atoms with Crippen LogP contribution in [-0.4, -0.2) is 12.6 Å². The Morgan fingerprint density at radius 2 is 1.86 bits per heavy atom. The van der Waals surface area contributed by atoms with Gasteiger partial charge in [-0.25, -0.2) is 0 Å². The van der Waals surface area contributed by atoms with Crippen LogP contribution in [0.5, 0.6) is 0 Å². The summed E-state index contributed by atoms with van der Waals surface area (Å²) in [5, 5.41) is 0. The zero-order valence-electron chi connectivity index (χ0n) is 12.2. The lowest BCUT2D eigenvalue weighted by atomic mass is 9.92. The highest BCUT2D eigenvalue weighted by atomic mass is 16.5. The van der Waals surface area contributed by atoms with Gasteiger partial charge in [0, 0.05) is 6.04 Å². The molecule has 2 aromatic carbocycles. The zero-order valence-corrected chi connectivity index (χ0v) is 12.2. The summed E-state index contributed by atoms with van der Waals surface area (Å²) >= 11 is 0. The number of fused-ring (bicyclic) bond motifs is 1. The average Bonchev–Trinajstić information content (AvgIpc) is 2.55. The van der Waals surface area contributed by atoms with Crippen molar-refractivity contribution < 1.29 is 4.74 Å². The predicted molar refractivity (Wildman–Crippen MR) is 84.7 cm³/mol. The summed E-state index contributed by atoms with van der Waals surface area (Å²) in [4.78, 5) is 0. The van der Waals surface area contributed by atoms with Gasteiger partial charge < -0.3 is 4.74 Å². The van der Waals surface area contributed by atoms with Crippen LogP contribution in [0.2, 0.25) is 0 Å². The van der Waals surface area contributed by atoms with E-state index in [0.29, 0.717) is 0 Å². The van der Waals surface area contributed by atoms with E-state index in [2.05, 4.69) is 54.0 Å². The van der Waals surface area contributed by atoms with E-state index < -0.39 is 0 Å². The molecule has 1 heterocycles. The van der Waals surface area contributed by atoms with E-state index in [4.69, 9.17) is 10.6 Å². The second-order valence-electron chi connectivity index (χ2n) is 5.60. The van der Waals surface area contributed by atoms with Crippen molar-refractivity contribution in [2.24, 2.45) is 5.84 Å². The van der Waals surface area contributed by atoms with Crippen LogP contribution in [-0.2, 0) is 17.6 Å². The van der Waals surface area contributed by atoms with E-state index in [-0.39, 0.29) is 12.1 Å². The summed E-state index contributed by atoms with van der Waals surface area (Å²) in [6.45, 7) is 0.796. The Morgan fingerprint density at radius 1 is 1.10 bits per heavy atom. The van der Waals surface area contributed by atoms with Crippen LogP contribution in [0.1, 0.15) is 29.2 Å². The topological polar surface area (TPSA) is 47.3 Å². The minimum absolute atomic E-state index is 0.139. The minimum atomic E-state index is 0.139. The van der Waals surface area contributed by atoms with Crippen molar-refractivity contribution in [1.29, 1.82) is 0 Å². The van der Waals surface area contributed by atoms with Crippen molar-refractivity contribution in [3.05, 3.63) is 71.3 Å². The first-order valence-electron chi connectivity index (χ1n) is 7.56. The maximum Gasteiger partial charge on any atom is 0.0843 e. The highest BCUT2D eigenvalue weighted by Crippen LogP contribution is 2.30. The summed E-state index contributed by atoms with van der Waals surface area (Å²) in [5.74, 6) is 5.75. The minimum Gasteiger partial charge on any atom is -0.373 e. The molecular formula is C18H22N2O. The first-order chi connectivity index (χ1) is 10.4. The Balaban J connectivity index is 1.70. The van der Waals surface area contributed by atoms with Crippen LogP contribution in [0.25, 0.3) is 0 Å². The molecule has 0 aliphatic carbocycles. The van der Waals surface area contributed by atoms with Gasteiger partial charge in [-0.1, -0.05) is 54.6 Å². The highest BCUT2D eigenvalue weighted by Gasteiger charge is 2.23. The van der Waals surface area contributed by atoms with Gasteiger partial charge in [-0.15, -0.1) is 0 Å². The molecule has 0 radical (unpaired) electrons. The number of hydrogen-bond donors (Lipinski definition) is 2. The van der Waals surface area contributed by atoms with E-state index >= 15 is 0 Å². The summed E-state index contributed by atoms with van der Waals surface area (Å²) in [6, 6.07) is 19.2. The van der Waals surface area contributed by atoms with Crippen LogP contribution in [0.15, 0.2) is 54.6 Å². The van der Waals surface area contributed by atoms with Gasteiger partial charge in [0.15, 0.2) is 0 Å². The molecule has 3 N–H and O–H groups in total. The van der Waals surface area contributed by atoms with Crippen LogP contribution in [0.4, 0.5) is 0 Å². The van der Waals surface area contributed by atoms with Gasteiger partial charge in [-0.3, -0.25) is 11.3 Å². The van der Waals surface area contributed by atoms with Crippen LogP contribution >= 0.6 is 0 Å². The van der Waals surface area contributed by atoms with Gasteiger partial charge in [0.1, 0.15) is 0 Å². The molecule has 3 rings (SSSR count). The maximum absolute atomic E-state index is 5.98. The second-order valence-corrected chi connectivity index (χ2v) is 5.60. The van der Waals surface area contributed by atoms with Crippen LogP contribution in [0, 0.1) is 0 Å². The van der Waals surface area contributed by atoms with Gasteiger partial charge >= 0.3 is 0 Å². The maximum atomic E-state index is 5.98. The summed E-state index contributed by atoms with van der Waals surface area (Å²) in [5.41, 5.74) is 6.97. The zero-order chi connectivity index (χ0) is 14.5. The van der Waals surface area contributed by atoms with Crippen molar-refractivity contribution in [2.45, 2.75) is 31.4 Å². The molecule has 21 heavy (non-hydrogen) atoms. The summed E-state index contributed by atoms with van der Waals surface area (Å²) in [6.07, 6.45) is 2.95. The third-order valence-corrected chi connectivity index (χ3v) is 4.15. The van der Waals surface area contributed by atoms with E-state index in [1.165, 1.54) is 16.7 Å². The molecule has 1 aliphatic heterocycles. The number of rotatable bonds is 5. The largest absolute Gasteiger partial charge is 0.373 e. The summed E-state index contributed by atoms with van der Waals surface area (Å²) < 4.78 is 5.98. The molecule has 110 valence electrons. The smallest absolute Gasteiger partial charge is 0.0843 e. The molecule has 3 heteroatoms. The molecule has 0 saturated carbocycles. The highest BCUT2D eigenvalue weighted by molar-refractivity contribution is 5.31. The third kappa shape index (κ3) is 3.50. The number of nitrogens with two attached hydrogens (primary N) is 1. The Kier molecular flexibility index (Phi) is 4.65. The fraction of sp³-hybridized carbons (Fsp3) is 0.333. The molecule has 0 spiro atoms. The van der Waals surface area contributed by atoms with Crippen molar-refractivity contribution in [1.82, 2.24) is 5.43 Å². The average molecular weight is 282 g/mol. The molecule has 1 aliphatic rings. The lowest BCUT2D eigenvalue weighted by Crippen LogP contribution is -2.38. The molecule has 0 bridgehead atoms. The predicted octanol–water partition coefficient (Wildman–Crippen LogP) is 2.77. The fourth-order valence-corrected chi connectivity index (χ4v) is 3.04. The van der Waals surface area contributed by atoms with E-state index in [1.54, 1.807) is 0 Å². The molecule has 2 atom stereocenters. The van der Waals surface area contributed by atoms with Gasteiger partial charge in [0.05, 0.1) is 12.7 Å². The van der Waals surface area contributed by atoms with Gasteiger partial charge in [-0.2, -0.15) is 0 Å². The van der Waals surface area contributed by atoms with E-state index in [0.717, 1.165) is 25.9 Å². The molecule has 0 fully saturated rings. The Hall–Kier alpha value is -1.68. The second kappa shape index (κ2) is 6.85. The number of nitrogens with one attached hydrogen (secondary N) is 1. The number of hydrazine groups is 1. The Bertz CT molecular complexity index is 570. The van der Waals surface area contributed by atoms with Crippen LogP contribution < -0.4 is 11.3 Å². The lowest BCUT2D eigenvalue weighted by Gasteiger charge is -2.29. The normalized spacial score (nSPS) is 19.0. The van der Waals surface area contributed by atoms with Crippen molar-refractivity contribution in [3.8, 4) is 0 Å². The van der Waals surface area contributed by atoms with Gasteiger partial charge in [-0.05, 0) is 36.0 Å². The SMILES string of the molecule is NNC(Cc1ccccc1)CC1OCCc2ccccc21. The Labute approximate surface area is 126 Å². The van der Waals surface area contributed by atoms with Gasteiger partial charge in [0.25, 0.3) is 0 Å².